The van der Waals surface area contributed by atoms with Gasteiger partial charge in [0.2, 0.25) is 0 Å². The molecule has 1 saturated heterocycles. The van der Waals surface area contributed by atoms with Crippen LogP contribution in [0.15, 0.2) is 17.5 Å². The van der Waals surface area contributed by atoms with Gasteiger partial charge >= 0.3 is 12.1 Å². The molecule has 8 heteroatoms. The second-order valence-corrected chi connectivity index (χ2v) is 6.86. The first kappa shape index (κ1) is 20.9. The zero-order valence-electron chi connectivity index (χ0n) is 13.5. The maximum atomic E-state index is 10.6. The van der Waals surface area contributed by atoms with Gasteiger partial charge in [0.05, 0.1) is 0 Å². The van der Waals surface area contributed by atoms with Gasteiger partial charge in [0.15, 0.2) is 0 Å². The van der Waals surface area contributed by atoms with Crippen LogP contribution in [0.1, 0.15) is 30.6 Å². The van der Waals surface area contributed by atoms with Crippen LogP contribution in [0, 0.1) is 5.92 Å². The van der Waals surface area contributed by atoms with E-state index in [1.54, 1.807) is 0 Å². The van der Waals surface area contributed by atoms with E-state index in [0.29, 0.717) is 12.5 Å². The van der Waals surface area contributed by atoms with E-state index in [0.717, 1.165) is 6.54 Å². The van der Waals surface area contributed by atoms with Crippen LogP contribution >= 0.6 is 11.3 Å². The molecule has 0 bridgehead atoms. The predicted octanol–water partition coefficient (Wildman–Crippen LogP) is 3.41. The van der Waals surface area contributed by atoms with Crippen molar-refractivity contribution in [2.24, 2.45) is 5.92 Å². The van der Waals surface area contributed by atoms with E-state index in [1.165, 1.54) is 50.1 Å². The molecule has 0 spiro atoms. The molecule has 1 aliphatic heterocycles. The van der Waals surface area contributed by atoms with E-state index >= 15 is 0 Å². The first-order chi connectivity index (χ1) is 11.3. The number of carboxylic acid groups (broad SMARTS) is 1. The number of carbonyl (C=O) groups is 1. The van der Waals surface area contributed by atoms with E-state index < -0.39 is 12.1 Å². The second kappa shape index (κ2) is 10.7. The minimum Gasteiger partial charge on any atom is -0.475 e. The Kier molecular flexibility index (Phi) is 9.31. The van der Waals surface area contributed by atoms with Crippen LogP contribution in [0.4, 0.5) is 13.2 Å². The molecule has 2 heterocycles. The quantitative estimate of drug-likeness (QED) is 0.757. The van der Waals surface area contributed by atoms with E-state index in [1.807, 2.05) is 11.3 Å². The number of unbranched alkanes of at least 4 members (excludes halogenated alkanes) is 1. The number of aliphatic hydroxyl groups is 1. The molecule has 24 heavy (non-hydrogen) atoms. The number of nitrogens with zero attached hydrogens (tertiary/aromatic N) is 1. The van der Waals surface area contributed by atoms with Crippen LogP contribution < -0.4 is 0 Å². The van der Waals surface area contributed by atoms with Gasteiger partial charge in [0.25, 0.3) is 0 Å². The fourth-order valence-electron chi connectivity index (χ4n) is 2.59. The van der Waals surface area contributed by atoms with Crippen LogP contribution in [0.2, 0.25) is 0 Å². The molecule has 1 aromatic heterocycles. The molecule has 0 aromatic carbocycles. The minimum absolute atomic E-state index is 0.367. The summed E-state index contributed by atoms with van der Waals surface area (Å²) in [4.78, 5) is 12.9. The maximum absolute atomic E-state index is 10.6. The molecule has 2 rings (SSSR count). The Morgan fingerprint density at radius 2 is 2.08 bits per heavy atom. The second-order valence-electron chi connectivity index (χ2n) is 5.83. The Bertz CT molecular complexity index is 466. The summed E-state index contributed by atoms with van der Waals surface area (Å²) in [5.41, 5.74) is 0. The molecule has 0 aliphatic carbocycles. The number of aliphatic carboxylic acids is 1. The van der Waals surface area contributed by atoms with Gasteiger partial charge in [-0.05, 0) is 62.6 Å². The molecule has 0 radical (unpaired) electrons. The highest BCUT2D eigenvalue weighted by molar-refractivity contribution is 7.09. The van der Waals surface area contributed by atoms with Crippen molar-refractivity contribution >= 4 is 17.3 Å². The zero-order valence-corrected chi connectivity index (χ0v) is 14.3. The lowest BCUT2D eigenvalue weighted by Gasteiger charge is -2.31. The van der Waals surface area contributed by atoms with E-state index in [9.17, 15) is 18.3 Å². The number of rotatable bonds is 6. The Hall–Kier alpha value is -1.12. The van der Waals surface area contributed by atoms with E-state index in [2.05, 4.69) is 22.4 Å². The van der Waals surface area contributed by atoms with Crippen LogP contribution in [0.25, 0.3) is 0 Å². The summed E-state index contributed by atoms with van der Waals surface area (Å²) in [6.45, 7) is 3.92. The van der Waals surface area contributed by atoms with Gasteiger partial charge in [0, 0.05) is 18.0 Å². The third-order valence-corrected chi connectivity index (χ3v) is 4.77. The Labute approximate surface area is 143 Å². The van der Waals surface area contributed by atoms with Crippen LogP contribution in [0.3, 0.4) is 0 Å². The van der Waals surface area contributed by atoms with Gasteiger partial charge in [0.1, 0.15) is 0 Å². The minimum atomic E-state index is -5.08. The third-order valence-electron chi connectivity index (χ3n) is 3.83. The first-order valence-corrected chi connectivity index (χ1v) is 8.86. The molecule has 1 fully saturated rings. The first-order valence-electron chi connectivity index (χ1n) is 7.98. The molecule has 2 N–H and O–H groups in total. The van der Waals surface area contributed by atoms with Gasteiger partial charge in [-0.1, -0.05) is 6.07 Å². The lowest BCUT2D eigenvalue weighted by molar-refractivity contribution is -0.192. The SMILES string of the molecule is O=C(O)C(F)(F)F.OCC1CCCN(CCCCc2cccs2)C1. The largest absolute Gasteiger partial charge is 0.490 e. The summed E-state index contributed by atoms with van der Waals surface area (Å²) < 4.78 is 31.7. The number of aryl methyl sites for hydroxylation is 1. The number of likely N-dealkylation sites (tertiary alicyclic amines) is 1. The number of hydrogen-bond acceptors (Lipinski definition) is 4. The zero-order chi connectivity index (χ0) is 18.0. The van der Waals surface area contributed by atoms with Gasteiger partial charge in [-0.2, -0.15) is 13.2 Å². The average Bonchev–Trinajstić information content (AvgIpc) is 3.05. The molecule has 1 aromatic rings. The number of halogens is 3. The topological polar surface area (TPSA) is 60.8 Å². The summed E-state index contributed by atoms with van der Waals surface area (Å²) in [6.07, 6.45) is 1.20. The fourth-order valence-corrected chi connectivity index (χ4v) is 3.34. The van der Waals surface area contributed by atoms with Crippen LogP contribution in [0.5, 0.6) is 0 Å². The highest BCUT2D eigenvalue weighted by Crippen LogP contribution is 2.17. The maximum Gasteiger partial charge on any atom is 0.490 e. The smallest absolute Gasteiger partial charge is 0.475 e. The molecule has 138 valence electrons. The number of carboxylic acids is 1. The van der Waals surface area contributed by atoms with Crippen molar-refractivity contribution in [2.45, 2.75) is 38.3 Å². The monoisotopic (exact) mass is 367 g/mol. The predicted molar refractivity (Wildman–Crippen MR) is 87.2 cm³/mol. The summed E-state index contributed by atoms with van der Waals surface area (Å²) in [6, 6.07) is 4.36. The van der Waals surface area contributed by atoms with Crippen molar-refractivity contribution in [1.82, 2.24) is 4.90 Å². The molecule has 0 amide bonds. The van der Waals surface area contributed by atoms with E-state index in [4.69, 9.17) is 9.90 Å². The van der Waals surface area contributed by atoms with Gasteiger partial charge < -0.3 is 15.1 Å². The summed E-state index contributed by atoms with van der Waals surface area (Å²) in [7, 11) is 0. The summed E-state index contributed by atoms with van der Waals surface area (Å²) in [5.74, 6) is -2.23. The highest BCUT2D eigenvalue weighted by atomic mass is 32.1. The Balaban J connectivity index is 0.000000351. The van der Waals surface area contributed by atoms with Crippen LogP contribution in [-0.2, 0) is 11.2 Å². The van der Waals surface area contributed by atoms with E-state index in [-0.39, 0.29) is 0 Å². The molecule has 0 saturated carbocycles. The van der Waals surface area contributed by atoms with Crippen molar-refractivity contribution in [2.75, 3.05) is 26.2 Å². The fraction of sp³-hybridized carbons (Fsp3) is 0.688. The molecular weight excluding hydrogens is 343 g/mol. The standard InChI is InChI=1S/C14H23NOS.C2HF3O2/c16-12-13-5-3-9-15(11-13)8-2-1-6-14-7-4-10-17-14;3-2(4,5)1(6)7/h4,7,10,13,16H,1-3,5-6,8-9,11-12H2;(H,6,7). The number of aliphatic hydroxyl groups excluding tert-OH is 1. The number of piperidine rings is 1. The Morgan fingerprint density at radius 3 is 2.62 bits per heavy atom. The average molecular weight is 367 g/mol. The van der Waals surface area contributed by atoms with Gasteiger partial charge in [-0.25, -0.2) is 4.79 Å². The van der Waals surface area contributed by atoms with Crippen molar-refractivity contribution < 1.29 is 28.2 Å². The number of alkyl halides is 3. The van der Waals surface area contributed by atoms with Crippen molar-refractivity contribution in [3.63, 3.8) is 0 Å². The van der Waals surface area contributed by atoms with Crippen LogP contribution in [-0.4, -0.2) is 53.5 Å². The molecular formula is C16H24F3NO3S. The van der Waals surface area contributed by atoms with Crippen molar-refractivity contribution in [1.29, 1.82) is 0 Å². The summed E-state index contributed by atoms with van der Waals surface area (Å²) in [5, 5.41) is 18.5. The highest BCUT2D eigenvalue weighted by Gasteiger charge is 2.38. The lowest BCUT2D eigenvalue weighted by Crippen LogP contribution is -2.37. The summed E-state index contributed by atoms with van der Waals surface area (Å²) >= 11 is 1.87. The third kappa shape index (κ3) is 8.65. The van der Waals surface area contributed by atoms with Gasteiger partial charge in [-0.3, -0.25) is 0 Å². The number of hydrogen-bond donors (Lipinski definition) is 2. The molecule has 1 unspecified atom stereocenters. The number of thiophene rings is 1. The lowest BCUT2D eigenvalue weighted by atomic mass is 9.99. The molecule has 4 nitrogen and oxygen atoms in total. The Morgan fingerprint density at radius 1 is 1.38 bits per heavy atom. The van der Waals surface area contributed by atoms with Crippen molar-refractivity contribution in [3.05, 3.63) is 22.4 Å². The normalized spacial score (nSPS) is 18.8. The van der Waals surface area contributed by atoms with Crippen molar-refractivity contribution in [3.8, 4) is 0 Å². The molecule has 1 atom stereocenters. The molecule has 1 aliphatic rings. The van der Waals surface area contributed by atoms with Gasteiger partial charge in [-0.15, -0.1) is 11.3 Å².